The number of allylic oxidation sites excluding steroid dienone is 4. The van der Waals surface area contributed by atoms with E-state index < -0.39 is 26.0 Å². The molecule has 0 bridgehead atoms. The van der Waals surface area contributed by atoms with Gasteiger partial charge in [-0.15, -0.1) is 60.7 Å². The summed E-state index contributed by atoms with van der Waals surface area (Å²) >= 11 is 0. The second-order valence-electron chi connectivity index (χ2n) is 11.4. The average molecular weight is 929 g/mol. The van der Waals surface area contributed by atoms with E-state index in [1.165, 1.54) is 21.2 Å². The molecule has 2 aliphatic carbocycles. The molecule has 6 aromatic rings. The zero-order valence-electron chi connectivity index (χ0n) is 30.8. The van der Waals surface area contributed by atoms with Gasteiger partial charge in [-0.05, 0) is 37.1 Å². The Morgan fingerprint density at radius 3 is 1.23 bits per heavy atom. The molecular formula is C48H34FeNO3P2PdS-3. The number of nitrogens with zero attached hydrogens (tertiary/aromatic N) is 1. The maximum Gasteiger partial charge on any atom is 2.00 e. The molecule has 9 heteroatoms. The average Bonchev–Trinajstić information content (AvgIpc) is 3.96. The van der Waals surface area contributed by atoms with Crippen molar-refractivity contribution in [3.05, 3.63) is 238 Å². The van der Waals surface area contributed by atoms with Gasteiger partial charge in [0.1, 0.15) is 0 Å². The van der Waals surface area contributed by atoms with Crippen LogP contribution in [0.15, 0.2) is 215 Å². The molecule has 0 saturated heterocycles. The van der Waals surface area contributed by atoms with Crippen LogP contribution in [0.2, 0.25) is 0 Å². The fraction of sp³-hybridized carbons (Fsp3) is 0.0417. The monoisotopic (exact) mass is 928 g/mol. The van der Waals surface area contributed by atoms with Crippen LogP contribution in [0, 0.1) is 18.2 Å². The third-order valence-corrected chi connectivity index (χ3v) is 12.1. The second-order valence-corrected chi connectivity index (χ2v) is 17.1. The normalized spacial score (nSPS) is 11.1. The van der Waals surface area contributed by atoms with Crippen molar-refractivity contribution in [2.24, 2.45) is 0 Å². The first-order chi connectivity index (χ1) is 26.8. The molecule has 57 heavy (non-hydrogen) atoms. The van der Waals surface area contributed by atoms with E-state index in [1.807, 2.05) is 73.8 Å². The maximum atomic E-state index is 9.08. The van der Waals surface area contributed by atoms with Crippen LogP contribution < -0.4 is 21.2 Å². The fourth-order valence-corrected chi connectivity index (χ4v) is 9.41. The molecule has 0 aliphatic heterocycles. The van der Waals surface area contributed by atoms with E-state index in [2.05, 4.69) is 161 Å². The van der Waals surface area contributed by atoms with Gasteiger partial charge in [-0.3, -0.25) is 22.9 Å². The van der Waals surface area contributed by atoms with Crippen LogP contribution in [-0.2, 0) is 47.6 Å². The van der Waals surface area contributed by atoms with Crippen molar-refractivity contribution in [3.63, 3.8) is 0 Å². The molecule has 0 spiro atoms. The molecule has 0 unspecified atom stereocenters. The molecule has 0 aromatic heterocycles. The van der Waals surface area contributed by atoms with Gasteiger partial charge in [0, 0.05) is 26.7 Å². The Kier molecular flexibility index (Phi) is 20.3. The molecule has 0 radical (unpaired) electrons. The zero-order chi connectivity index (χ0) is 38.7. The van der Waals surface area contributed by atoms with Crippen molar-refractivity contribution in [2.75, 3.05) is 13.3 Å². The Morgan fingerprint density at radius 2 is 0.912 bits per heavy atom. The van der Waals surface area contributed by atoms with E-state index in [0.717, 1.165) is 27.4 Å². The molecule has 0 atom stereocenters. The Hall–Kier alpha value is -4.77. The molecule has 0 fully saturated rings. The smallest absolute Gasteiger partial charge is 0.748 e. The van der Waals surface area contributed by atoms with Crippen LogP contribution in [0.3, 0.4) is 0 Å². The first kappa shape index (κ1) is 46.6. The van der Waals surface area contributed by atoms with E-state index in [9.17, 15) is 0 Å². The summed E-state index contributed by atoms with van der Waals surface area (Å²) in [5, 5.41) is 11.6. The standard InChI is InChI=1S/2C17H10P.C13H11N.CH4O3S.Fe.Pd/c2*1-3-9-15(10-4-1)18(17-13-7-8-14-17)16-11-5-2-6-12-16;1-14-13-10-6-5-9-12(13)11-7-3-2-4-8-11;1-5(2,3)4;;/h2*1-6,9-12H;2-7,9-10H,1H3;1H3,(H,2,3,4);;/q2*-1;-2;;+2;/p-1. The van der Waals surface area contributed by atoms with Gasteiger partial charge in [-0.1, -0.05) is 156 Å². The summed E-state index contributed by atoms with van der Waals surface area (Å²) in [7, 11) is -3.27. The predicted octanol–water partition coefficient (Wildman–Crippen LogP) is 9.52. The van der Waals surface area contributed by atoms with Crippen LogP contribution in [0.25, 0.3) is 16.4 Å². The topological polar surface area (TPSA) is 71.3 Å². The summed E-state index contributed by atoms with van der Waals surface area (Å²) in [5.74, 6) is 0. The van der Waals surface area contributed by atoms with E-state index in [-0.39, 0.29) is 37.5 Å². The Balaban J connectivity index is 0.000000214. The van der Waals surface area contributed by atoms with Crippen molar-refractivity contribution in [1.82, 2.24) is 0 Å². The summed E-state index contributed by atoms with van der Waals surface area (Å²) in [5.41, 5.74) is 20.9. The minimum absolute atomic E-state index is 0. The fourth-order valence-electron chi connectivity index (χ4n) is 5.23. The van der Waals surface area contributed by atoms with E-state index in [4.69, 9.17) is 13.0 Å². The van der Waals surface area contributed by atoms with Gasteiger partial charge < -0.3 is 9.87 Å². The first-order valence-corrected chi connectivity index (χ1v) is 21.5. The third-order valence-electron chi connectivity index (χ3n) is 7.50. The molecule has 2 aliphatic rings. The van der Waals surface area contributed by atoms with E-state index in [0.29, 0.717) is 6.26 Å². The van der Waals surface area contributed by atoms with Gasteiger partial charge in [0.05, 0.1) is 10.1 Å². The summed E-state index contributed by atoms with van der Waals surface area (Å²) < 4.78 is 27.2. The van der Waals surface area contributed by atoms with Gasteiger partial charge in [-0.2, -0.15) is 5.69 Å². The summed E-state index contributed by atoms with van der Waals surface area (Å²) in [6.45, 7) is 0. The largest absolute Gasteiger partial charge is 2.00 e. The van der Waals surface area contributed by atoms with Crippen LogP contribution in [0.5, 0.6) is 0 Å². The van der Waals surface area contributed by atoms with Gasteiger partial charge >= 0.3 is 17.1 Å². The summed E-state index contributed by atoms with van der Waals surface area (Å²) in [6.07, 6.45) is 6.86. The first-order valence-electron chi connectivity index (χ1n) is 17.0. The SMILES string of the molecule is C1=C=[C-]C(P(c2ccccc2)c2ccccc2)=C=1.C1=C=[C-]C(P(c2ccccc2)c2ccccc2)=C=1.CS(=O)(=O)[O-].C[N-]c1ccccc1-c1[c-]cccc1.[Fe+2].[Pd]. The van der Waals surface area contributed by atoms with Gasteiger partial charge in [0.25, 0.3) is 0 Å². The molecule has 6 aromatic carbocycles. The van der Waals surface area contributed by atoms with Crippen LogP contribution >= 0.6 is 15.8 Å². The van der Waals surface area contributed by atoms with Crippen molar-refractivity contribution >= 4 is 52.9 Å². The van der Waals surface area contributed by atoms with Crippen molar-refractivity contribution < 1.29 is 50.5 Å². The van der Waals surface area contributed by atoms with Crippen LogP contribution in [0.4, 0.5) is 5.69 Å². The molecule has 4 nitrogen and oxygen atoms in total. The number of hydrogen-bond donors (Lipinski definition) is 0. The molecule has 0 saturated carbocycles. The predicted molar refractivity (Wildman–Crippen MR) is 228 cm³/mol. The number of para-hydroxylation sites is 1. The number of hydrogen-bond acceptors (Lipinski definition) is 3. The van der Waals surface area contributed by atoms with Crippen LogP contribution in [0.1, 0.15) is 0 Å². The van der Waals surface area contributed by atoms with E-state index >= 15 is 0 Å². The molecule has 0 N–H and O–H groups in total. The second kappa shape index (κ2) is 24.8. The minimum Gasteiger partial charge on any atom is -0.748 e. The van der Waals surface area contributed by atoms with Crippen molar-refractivity contribution in [2.45, 2.75) is 0 Å². The van der Waals surface area contributed by atoms with Gasteiger partial charge in [-0.25, -0.2) is 19.9 Å². The molecule has 0 amide bonds. The molecular weight excluding hydrogens is 895 g/mol. The summed E-state index contributed by atoms with van der Waals surface area (Å²) in [6, 6.07) is 61.3. The third kappa shape index (κ3) is 15.3. The van der Waals surface area contributed by atoms with Crippen LogP contribution in [-0.4, -0.2) is 26.3 Å². The van der Waals surface area contributed by atoms with Crippen molar-refractivity contribution in [1.29, 1.82) is 0 Å². The van der Waals surface area contributed by atoms with E-state index in [1.54, 1.807) is 0 Å². The van der Waals surface area contributed by atoms with Crippen molar-refractivity contribution in [3.8, 4) is 11.1 Å². The Bertz CT molecular complexity index is 2360. The number of rotatable bonds is 8. The zero-order valence-corrected chi connectivity index (χ0v) is 36.1. The summed E-state index contributed by atoms with van der Waals surface area (Å²) in [4.78, 5) is 0. The molecule has 0 heterocycles. The Labute approximate surface area is 363 Å². The molecule has 8 rings (SSSR count). The Morgan fingerprint density at radius 1 is 0.561 bits per heavy atom. The van der Waals surface area contributed by atoms with Gasteiger partial charge in [0.2, 0.25) is 0 Å². The minimum atomic E-state index is -3.92. The van der Waals surface area contributed by atoms with Gasteiger partial charge in [0.15, 0.2) is 0 Å². The maximum absolute atomic E-state index is 9.08. The molecule has 286 valence electrons. The number of benzene rings is 6. The quantitative estimate of drug-likeness (QED) is 0.0503.